The van der Waals surface area contributed by atoms with Crippen LogP contribution in [0.3, 0.4) is 0 Å². The van der Waals surface area contributed by atoms with Crippen molar-refractivity contribution in [2.45, 2.75) is 61.9 Å². The smallest absolute Gasteiger partial charge is 0.319 e. The van der Waals surface area contributed by atoms with Crippen molar-refractivity contribution in [1.29, 1.82) is 0 Å². The Balaban J connectivity index is 1.24. The van der Waals surface area contributed by atoms with E-state index in [-0.39, 0.29) is 53.6 Å². The highest BCUT2D eigenvalue weighted by Crippen LogP contribution is 2.45. The zero-order valence-electron chi connectivity index (χ0n) is 24.6. The SMILES string of the molecule is C#Cc1cccc2cc(O)cc(-c3nc4c5c(nc(OC[C@]67CCCN6C[C@@H](F)C7)nc5c3F)N3C[C@H]5CC[C@H](N5)[C@H]3CO4)c12. The molecule has 4 fully saturated rings. The number of benzene rings is 2. The number of ether oxygens (including phenoxy) is 2. The van der Waals surface area contributed by atoms with Crippen LogP contribution in [0.4, 0.5) is 14.6 Å². The third-order valence-corrected chi connectivity index (χ3v) is 10.5. The number of aromatic nitrogens is 3. The van der Waals surface area contributed by atoms with Crippen molar-refractivity contribution in [3.05, 3.63) is 41.7 Å². The molecule has 0 unspecified atom stereocenters. The van der Waals surface area contributed by atoms with Crippen molar-refractivity contribution >= 4 is 27.5 Å². The number of aromatic hydroxyl groups is 1. The number of rotatable bonds is 4. The Morgan fingerprint density at radius 2 is 2.09 bits per heavy atom. The van der Waals surface area contributed by atoms with Crippen LogP contribution in [0.25, 0.3) is 32.9 Å². The van der Waals surface area contributed by atoms with Gasteiger partial charge in [-0.05, 0) is 55.8 Å². The number of anilines is 1. The Hall–Kier alpha value is -4.27. The lowest BCUT2D eigenvalue weighted by Crippen LogP contribution is -2.60. The lowest BCUT2D eigenvalue weighted by atomic mass is 9.95. The molecule has 0 spiro atoms. The first-order valence-corrected chi connectivity index (χ1v) is 15.7. The van der Waals surface area contributed by atoms with Crippen molar-refractivity contribution in [3.8, 4) is 41.2 Å². The zero-order chi connectivity index (χ0) is 30.4. The van der Waals surface area contributed by atoms with E-state index in [0.717, 1.165) is 32.2 Å². The number of fused-ring (bicyclic) bond motifs is 7. The third-order valence-electron chi connectivity index (χ3n) is 10.5. The molecule has 9 nitrogen and oxygen atoms in total. The van der Waals surface area contributed by atoms with Gasteiger partial charge < -0.3 is 24.8 Å². The molecule has 2 N–H and O–H groups in total. The van der Waals surface area contributed by atoms with Crippen LogP contribution in [0, 0.1) is 18.2 Å². The summed E-state index contributed by atoms with van der Waals surface area (Å²) in [5, 5.41) is 16.0. The van der Waals surface area contributed by atoms with Gasteiger partial charge in [-0.3, -0.25) is 4.90 Å². The summed E-state index contributed by atoms with van der Waals surface area (Å²) < 4.78 is 44.2. The van der Waals surface area contributed by atoms with E-state index in [1.165, 1.54) is 6.07 Å². The number of pyridine rings is 1. The van der Waals surface area contributed by atoms with Gasteiger partial charge in [-0.25, -0.2) is 13.8 Å². The summed E-state index contributed by atoms with van der Waals surface area (Å²) in [4.78, 5) is 18.7. The van der Waals surface area contributed by atoms with Gasteiger partial charge in [0.2, 0.25) is 5.88 Å². The molecule has 2 aromatic carbocycles. The molecule has 2 bridgehead atoms. The number of terminal acetylenes is 1. The van der Waals surface area contributed by atoms with Gasteiger partial charge >= 0.3 is 6.01 Å². The van der Waals surface area contributed by atoms with Crippen LogP contribution in [0.15, 0.2) is 30.3 Å². The summed E-state index contributed by atoms with van der Waals surface area (Å²) in [5.41, 5.74) is 0.457. The van der Waals surface area contributed by atoms with E-state index in [0.29, 0.717) is 59.2 Å². The highest BCUT2D eigenvalue weighted by Gasteiger charge is 2.50. The van der Waals surface area contributed by atoms with Gasteiger partial charge in [-0.2, -0.15) is 9.97 Å². The first-order valence-electron chi connectivity index (χ1n) is 15.7. The summed E-state index contributed by atoms with van der Waals surface area (Å²) in [7, 11) is 0. The van der Waals surface area contributed by atoms with Gasteiger partial charge in [-0.1, -0.05) is 18.1 Å². The molecule has 5 aliphatic heterocycles. The van der Waals surface area contributed by atoms with Crippen molar-refractivity contribution in [3.63, 3.8) is 0 Å². The quantitative estimate of drug-likeness (QED) is 0.328. The van der Waals surface area contributed by atoms with Gasteiger partial charge in [0.25, 0.3) is 0 Å². The predicted octanol–water partition coefficient (Wildman–Crippen LogP) is 4.33. The first kappa shape index (κ1) is 27.1. The third kappa shape index (κ3) is 4.08. The Labute approximate surface area is 258 Å². The van der Waals surface area contributed by atoms with Crippen LogP contribution >= 0.6 is 0 Å². The second-order valence-corrected chi connectivity index (χ2v) is 13.1. The summed E-state index contributed by atoms with van der Waals surface area (Å²) in [6.07, 6.45) is 9.21. The molecule has 0 radical (unpaired) electrons. The second-order valence-electron chi connectivity index (χ2n) is 13.1. The fourth-order valence-electron chi connectivity index (χ4n) is 8.53. The Morgan fingerprint density at radius 1 is 1.18 bits per heavy atom. The van der Waals surface area contributed by atoms with Crippen molar-refractivity contribution in [2.75, 3.05) is 37.7 Å². The number of piperazine rings is 1. The summed E-state index contributed by atoms with van der Waals surface area (Å²) >= 11 is 0. The van der Waals surface area contributed by atoms with E-state index in [1.54, 1.807) is 18.2 Å². The number of phenolic OH excluding ortho intramolecular Hbond substituents is 1. The molecule has 45 heavy (non-hydrogen) atoms. The minimum Gasteiger partial charge on any atom is -0.508 e. The Kier molecular flexibility index (Phi) is 5.93. The largest absolute Gasteiger partial charge is 0.508 e. The van der Waals surface area contributed by atoms with Gasteiger partial charge in [0.05, 0.1) is 11.6 Å². The van der Waals surface area contributed by atoms with E-state index in [9.17, 15) is 9.50 Å². The van der Waals surface area contributed by atoms with Crippen LogP contribution in [0.5, 0.6) is 17.6 Å². The topological polar surface area (TPSA) is 95.9 Å². The van der Waals surface area contributed by atoms with Crippen LogP contribution in [-0.4, -0.2) is 87.6 Å². The molecule has 7 heterocycles. The van der Waals surface area contributed by atoms with Crippen molar-refractivity contribution in [2.24, 2.45) is 0 Å². The fraction of sp³-hybridized carbons (Fsp3) is 0.441. The van der Waals surface area contributed by atoms with Gasteiger partial charge in [0.15, 0.2) is 5.82 Å². The van der Waals surface area contributed by atoms with E-state index < -0.39 is 17.5 Å². The molecule has 0 aliphatic carbocycles. The molecule has 0 amide bonds. The Bertz CT molecular complexity index is 1930. The van der Waals surface area contributed by atoms with Crippen molar-refractivity contribution in [1.82, 2.24) is 25.2 Å². The number of hydrogen-bond donors (Lipinski definition) is 2. The molecular weight excluding hydrogens is 578 g/mol. The first-order chi connectivity index (χ1) is 21.9. The number of halogens is 2. The molecular formula is C34H32F2N6O3. The molecule has 9 rings (SSSR count). The normalized spacial score (nSPS) is 28.5. The van der Waals surface area contributed by atoms with Crippen LogP contribution < -0.4 is 19.7 Å². The zero-order valence-corrected chi connectivity index (χ0v) is 24.6. The lowest BCUT2D eigenvalue weighted by molar-refractivity contribution is 0.107. The molecule has 11 heteroatoms. The maximum Gasteiger partial charge on any atom is 0.319 e. The van der Waals surface area contributed by atoms with E-state index >= 15 is 4.39 Å². The lowest BCUT2D eigenvalue weighted by Gasteiger charge is -2.40. The van der Waals surface area contributed by atoms with Crippen LogP contribution in [0.2, 0.25) is 0 Å². The van der Waals surface area contributed by atoms with E-state index in [4.69, 9.17) is 25.9 Å². The maximum atomic E-state index is 17.0. The van der Waals surface area contributed by atoms with Gasteiger partial charge in [-0.15, -0.1) is 6.42 Å². The highest BCUT2D eigenvalue weighted by atomic mass is 19.1. The molecule has 2 aromatic heterocycles. The molecule has 4 aromatic rings. The van der Waals surface area contributed by atoms with Crippen LogP contribution in [0.1, 0.15) is 37.7 Å². The predicted molar refractivity (Wildman–Crippen MR) is 165 cm³/mol. The van der Waals surface area contributed by atoms with Gasteiger partial charge in [0.1, 0.15) is 47.5 Å². The molecule has 5 atom stereocenters. The second kappa shape index (κ2) is 9.86. The van der Waals surface area contributed by atoms with Crippen molar-refractivity contribution < 1.29 is 23.4 Å². The van der Waals surface area contributed by atoms with E-state index in [1.807, 2.05) is 6.07 Å². The van der Waals surface area contributed by atoms with E-state index in [2.05, 4.69) is 26.0 Å². The molecule has 230 valence electrons. The minimum atomic E-state index is -0.899. The Morgan fingerprint density at radius 3 is 2.98 bits per heavy atom. The minimum absolute atomic E-state index is 0.0202. The number of nitrogens with zero attached hydrogens (tertiary/aromatic N) is 5. The summed E-state index contributed by atoms with van der Waals surface area (Å²) in [5.74, 6) is 2.70. The number of alkyl halides is 1. The average Bonchev–Trinajstić information content (AvgIpc) is 3.67. The molecule has 4 saturated heterocycles. The van der Waals surface area contributed by atoms with Crippen LogP contribution in [-0.2, 0) is 0 Å². The maximum absolute atomic E-state index is 17.0. The summed E-state index contributed by atoms with van der Waals surface area (Å²) in [6, 6.07) is 8.91. The number of nitrogens with one attached hydrogen (secondary N) is 1. The standard InChI is InChI=1S/C34H32F2N6O3/c1-2-18-5-3-6-19-11-22(43)12-23(26(18)19)29-28(36)30-27-31(42-15-21-7-8-24(37-21)25(42)16-44-32(27)38-29)40-33(39-30)45-17-34-9-4-10-41(34)14-20(35)13-34/h1,3,5-6,11-12,20-21,24-25,37,43H,4,7-10,13-17H2/t20-,21+,24-,25+,34+/m0/s1. The summed E-state index contributed by atoms with van der Waals surface area (Å²) in [6.45, 7) is 2.47. The molecule has 5 aliphatic rings. The number of hydrogen-bond acceptors (Lipinski definition) is 9. The fourth-order valence-corrected chi connectivity index (χ4v) is 8.53. The highest BCUT2D eigenvalue weighted by molar-refractivity contribution is 6.04. The van der Waals surface area contributed by atoms with Gasteiger partial charge in [0, 0.05) is 48.1 Å². The molecule has 0 saturated carbocycles. The monoisotopic (exact) mass is 610 g/mol. The average molecular weight is 611 g/mol. The number of phenols is 1.